The van der Waals surface area contributed by atoms with Gasteiger partial charge in [-0.25, -0.2) is 9.78 Å². The van der Waals surface area contributed by atoms with Crippen LogP contribution < -0.4 is 5.32 Å². The van der Waals surface area contributed by atoms with E-state index in [1.807, 2.05) is 0 Å². The summed E-state index contributed by atoms with van der Waals surface area (Å²) in [5, 5.41) is 11.6. The van der Waals surface area contributed by atoms with Gasteiger partial charge in [-0.3, -0.25) is 0 Å². The van der Waals surface area contributed by atoms with Crippen molar-refractivity contribution in [1.82, 2.24) is 4.98 Å². The smallest absolute Gasteiger partial charge is 0.335 e. The fourth-order valence-corrected chi connectivity index (χ4v) is 1.33. The first-order valence-corrected chi connectivity index (χ1v) is 4.68. The van der Waals surface area contributed by atoms with E-state index in [-0.39, 0.29) is 5.56 Å². The number of aromatic carboxylic acids is 1. The van der Waals surface area contributed by atoms with Crippen LogP contribution in [0.2, 0.25) is 0 Å². The molecule has 0 saturated carbocycles. The lowest BCUT2D eigenvalue weighted by Gasteiger charge is -1.98. The van der Waals surface area contributed by atoms with Gasteiger partial charge in [0.05, 0.1) is 11.8 Å². The first-order valence-electron chi connectivity index (χ1n) is 4.68. The van der Waals surface area contributed by atoms with E-state index in [1.165, 1.54) is 6.07 Å². The van der Waals surface area contributed by atoms with Crippen LogP contribution in [0, 0.1) is 0 Å². The molecule has 1 aromatic carbocycles. The number of nitrogens with one attached hydrogen (secondary N) is 1. The lowest BCUT2D eigenvalue weighted by molar-refractivity contribution is 0.0697. The summed E-state index contributed by atoms with van der Waals surface area (Å²) in [6, 6.07) is 6.91. The largest absolute Gasteiger partial charge is 0.478 e. The van der Waals surface area contributed by atoms with E-state index in [1.54, 1.807) is 31.4 Å². The topological polar surface area (TPSA) is 75.4 Å². The Bertz CT molecular complexity index is 519. The number of benzene rings is 1. The Hall–Kier alpha value is -2.30. The number of rotatable bonds is 3. The third-order valence-corrected chi connectivity index (χ3v) is 2.11. The van der Waals surface area contributed by atoms with Crippen molar-refractivity contribution in [3.05, 3.63) is 36.0 Å². The fraction of sp³-hybridized carbons (Fsp3) is 0.0909. The molecule has 0 bridgehead atoms. The van der Waals surface area contributed by atoms with E-state index in [2.05, 4.69) is 10.3 Å². The number of carboxylic acids is 1. The molecule has 0 saturated heterocycles. The predicted molar refractivity (Wildman–Crippen MR) is 58.4 cm³/mol. The minimum atomic E-state index is -0.963. The van der Waals surface area contributed by atoms with Gasteiger partial charge in [0.2, 0.25) is 0 Å². The summed E-state index contributed by atoms with van der Waals surface area (Å²) >= 11 is 0. The minimum absolute atomic E-state index is 0.222. The number of anilines is 1. The van der Waals surface area contributed by atoms with E-state index in [9.17, 15) is 4.79 Å². The number of nitrogens with zero attached hydrogens (tertiary/aromatic N) is 1. The third kappa shape index (κ3) is 1.88. The minimum Gasteiger partial charge on any atom is -0.478 e. The normalized spacial score (nSPS) is 10.1. The van der Waals surface area contributed by atoms with Crippen molar-refractivity contribution in [3.8, 4) is 11.3 Å². The first kappa shape index (κ1) is 10.2. The number of aromatic nitrogens is 1. The van der Waals surface area contributed by atoms with Crippen molar-refractivity contribution in [1.29, 1.82) is 0 Å². The summed E-state index contributed by atoms with van der Waals surface area (Å²) in [7, 11) is 1.70. The van der Waals surface area contributed by atoms with Crippen LogP contribution in [-0.2, 0) is 0 Å². The van der Waals surface area contributed by atoms with E-state index < -0.39 is 5.97 Å². The summed E-state index contributed by atoms with van der Waals surface area (Å²) in [4.78, 5) is 14.7. The van der Waals surface area contributed by atoms with Crippen molar-refractivity contribution in [3.63, 3.8) is 0 Å². The SMILES string of the molecule is CNc1ncc(-c2cccc(C(=O)O)c2)o1. The highest BCUT2D eigenvalue weighted by Crippen LogP contribution is 2.23. The van der Waals surface area contributed by atoms with Crippen LogP contribution in [0.5, 0.6) is 0 Å². The fourth-order valence-electron chi connectivity index (χ4n) is 1.33. The van der Waals surface area contributed by atoms with Gasteiger partial charge in [-0.1, -0.05) is 12.1 Å². The highest BCUT2D eigenvalue weighted by Gasteiger charge is 2.08. The van der Waals surface area contributed by atoms with Crippen LogP contribution in [0.1, 0.15) is 10.4 Å². The summed E-state index contributed by atoms with van der Waals surface area (Å²) < 4.78 is 5.34. The molecule has 0 amide bonds. The van der Waals surface area contributed by atoms with Crippen molar-refractivity contribution in [2.45, 2.75) is 0 Å². The summed E-state index contributed by atoms with van der Waals surface area (Å²) in [5.41, 5.74) is 0.911. The van der Waals surface area contributed by atoms with Gasteiger partial charge < -0.3 is 14.8 Å². The van der Waals surface area contributed by atoms with Gasteiger partial charge in [0.25, 0.3) is 6.01 Å². The van der Waals surface area contributed by atoms with Gasteiger partial charge in [0.1, 0.15) is 0 Å². The Labute approximate surface area is 91.7 Å². The van der Waals surface area contributed by atoms with E-state index >= 15 is 0 Å². The lowest BCUT2D eigenvalue weighted by atomic mass is 10.1. The molecule has 2 aromatic rings. The molecule has 5 heteroatoms. The van der Waals surface area contributed by atoms with Crippen LogP contribution in [0.25, 0.3) is 11.3 Å². The molecular formula is C11H10N2O3. The van der Waals surface area contributed by atoms with E-state index in [0.29, 0.717) is 17.3 Å². The van der Waals surface area contributed by atoms with Crippen LogP contribution in [0.15, 0.2) is 34.9 Å². The number of carbonyl (C=O) groups is 1. The number of oxazole rings is 1. The highest BCUT2D eigenvalue weighted by atomic mass is 16.4. The maximum absolute atomic E-state index is 10.8. The van der Waals surface area contributed by atoms with Gasteiger partial charge in [-0.2, -0.15) is 0 Å². The van der Waals surface area contributed by atoms with Crippen LogP contribution in [-0.4, -0.2) is 23.1 Å². The van der Waals surface area contributed by atoms with Gasteiger partial charge >= 0.3 is 5.97 Å². The maximum Gasteiger partial charge on any atom is 0.335 e. The van der Waals surface area contributed by atoms with Crippen molar-refractivity contribution in [2.24, 2.45) is 0 Å². The zero-order chi connectivity index (χ0) is 11.5. The molecule has 1 heterocycles. The molecule has 5 nitrogen and oxygen atoms in total. The average Bonchev–Trinajstić information content (AvgIpc) is 2.77. The molecule has 0 aliphatic rings. The van der Waals surface area contributed by atoms with Gasteiger partial charge in [0, 0.05) is 12.6 Å². The average molecular weight is 218 g/mol. The molecule has 0 fully saturated rings. The molecule has 2 N–H and O–H groups in total. The summed E-state index contributed by atoms with van der Waals surface area (Å²) in [6.07, 6.45) is 1.55. The maximum atomic E-state index is 10.8. The molecular weight excluding hydrogens is 208 g/mol. The molecule has 0 atom stereocenters. The summed E-state index contributed by atoms with van der Waals surface area (Å²) in [5.74, 6) is -0.428. The zero-order valence-electron chi connectivity index (χ0n) is 8.60. The monoisotopic (exact) mass is 218 g/mol. The van der Waals surface area contributed by atoms with Crippen LogP contribution in [0.3, 0.4) is 0 Å². The molecule has 82 valence electrons. The standard InChI is InChI=1S/C11H10N2O3/c1-12-11-13-6-9(16-11)7-3-2-4-8(5-7)10(14)15/h2-6H,1H3,(H,12,13)(H,14,15). The second-order valence-electron chi connectivity index (χ2n) is 3.17. The van der Waals surface area contributed by atoms with Crippen molar-refractivity contribution >= 4 is 12.0 Å². The molecule has 0 radical (unpaired) electrons. The lowest BCUT2D eigenvalue weighted by Crippen LogP contribution is -1.95. The molecule has 0 unspecified atom stereocenters. The molecule has 16 heavy (non-hydrogen) atoms. The van der Waals surface area contributed by atoms with Gasteiger partial charge in [-0.05, 0) is 12.1 Å². The van der Waals surface area contributed by atoms with Gasteiger partial charge in [-0.15, -0.1) is 0 Å². The number of hydrogen-bond donors (Lipinski definition) is 2. The van der Waals surface area contributed by atoms with E-state index in [4.69, 9.17) is 9.52 Å². The predicted octanol–water partition coefficient (Wildman–Crippen LogP) is 2.08. The number of hydrogen-bond acceptors (Lipinski definition) is 4. The quantitative estimate of drug-likeness (QED) is 0.824. The Morgan fingerprint density at radius 3 is 2.94 bits per heavy atom. The summed E-state index contributed by atoms with van der Waals surface area (Å²) in [6.45, 7) is 0. The molecule has 0 aliphatic heterocycles. The van der Waals surface area contributed by atoms with Crippen LogP contribution in [0.4, 0.5) is 6.01 Å². The second-order valence-corrected chi connectivity index (χ2v) is 3.17. The zero-order valence-corrected chi connectivity index (χ0v) is 8.60. The molecule has 2 rings (SSSR count). The van der Waals surface area contributed by atoms with Gasteiger partial charge in [0.15, 0.2) is 5.76 Å². The molecule has 0 spiro atoms. The van der Waals surface area contributed by atoms with Crippen molar-refractivity contribution < 1.29 is 14.3 Å². The van der Waals surface area contributed by atoms with Crippen molar-refractivity contribution in [2.75, 3.05) is 12.4 Å². The first-order chi connectivity index (χ1) is 7.70. The van der Waals surface area contributed by atoms with E-state index in [0.717, 1.165) is 0 Å². The highest BCUT2D eigenvalue weighted by molar-refractivity contribution is 5.89. The molecule has 1 aromatic heterocycles. The third-order valence-electron chi connectivity index (χ3n) is 2.11. The Balaban J connectivity index is 2.40. The Morgan fingerprint density at radius 1 is 1.50 bits per heavy atom. The number of carboxylic acid groups (broad SMARTS) is 1. The Morgan fingerprint density at radius 2 is 2.31 bits per heavy atom. The Kier molecular flexibility index (Phi) is 2.59. The van der Waals surface area contributed by atoms with Crippen LogP contribution >= 0.6 is 0 Å². The second kappa shape index (κ2) is 4.06. The molecule has 0 aliphatic carbocycles.